The Morgan fingerprint density at radius 3 is 2.12 bits per heavy atom. The first-order valence-corrected chi connectivity index (χ1v) is 8.94. The van der Waals surface area contributed by atoms with E-state index in [1.807, 2.05) is 0 Å². The van der Waals surface area contributed by atoms with E-state index < -0.39 is 0 Å². The van der Waals surface area contributed by atoms with E-state index >= 15 is 0 Å². The molecule has 0 aromatic heterocycles. The monoisotopic (exact) mass is 336 g/mol. The number of hydrogen-bond donors (Lipinski definition) is 1. The summed E-state index contributed by atoms with van der Waals surface area (Å²) in [5, 5.41) is 3.15. The molecule has 2 saturated carbocycles. The number of nitrogens with zero attached hydrogens (tertiary/aromatic N) is 1. The standard InChI is InChI=1S/C20H20N2O3/c1-10(23)11-2-4-12(5-3-11)21-9-22-19(24)17-13-6-7-14(16-8-15(13)16)18(17)20(22)25/h2-7,13-18,21H,8-9H2,1H3. The summed E-state index contributed by atoms with van der Waals surface area (Å²) in [5.74, 6) is 1.45. The molecule has 1 N–H and O–H groups in total. The number of amides is 2. The zero-order chi connectivity index (χ0) is 17.3. The number of carbonyl (C=O) groups is 3. The summed E-state index contributed by atoms with van der Waals surface area (Å²) >= 11 is 0. The van der Waals surface area contributed by atoms with Gasteiger partial charge in [0.25, 0.3) is 0 Å². The van der Waals surface area contributed by atoms with Gasteiger partial charge in [-0.3, -0.25) is 19.3 Å². The smallest absolute Gasteiger partial charge is 0.235 e. The topological polar surface area (TPSA) is 66.5 Å². The number of allylic oxidation sites excluding steroid dienone is 2. The predicted octanol–water partition coefficient (Wildman–Crippen LogP) is 2.31. The maximum absolute atomic E-state index is 12.9. The van der Waals surface area contributed by atoms with Gasteiger partial charge in [-0.15, -0.1) is 0 Å². The lowest BCUT2D eigenvalue weighted by molar-refractivity contribution is -0.139. The van der Waals surface area contributed by atoms with Crippen molar-refractivity contribution in [3.63, 3.8) is 0 Å². The van der Waals surface area contributed by atoms with Crippen LogP contribution < -0.4 is 5.32 Å². The molecule has 6 atom stereocenters. The van der Waals surface area contributed by atoms with Crippen molar-refractivity contribution in [2.24, 2.45) is 35.5 Å². The minimum Gasteiger partial charge on any atom is -0.367 e. The van der Waals surface area contributed by atoms with Crippen molar-refractivity contribution in [3.05, 3.63) is 42.0 Å². The zero-order valence-electron chi connectivity index (χ0n) is 14.0. The summed E-state index contributed by atoms with van der Waals surface area (Å²) in [5.41, 5.74) is 1.44. The molecule has 1 aromatic carbocycles. The van der Waals surface area contributed by atoms with Gasteiger partial charge in [-0.25, -0.2) is 0 Å². The Balaban J connectivity index is 1.32. The van der Waals surface area contributed by atoms with Gasteiger partial charge >= 0.3 is 0 Å². The van der Waals surface area contributed by atoms with Crippen molar-refractivity contribution in [1.29, 1.82) is 0 Å². The van der Waals surface area contributed by atoms with E-state index in [0.29, 0.717) is 17.4 Å². The average molecular weight is 336 g/mol. The maximum Gasteiger partial charge on any atom is 0.235 e. The zero-order valence-corrected chi connectivity index (χ0v) is 14.0. The molecule has 0 radical (unpaired) electrons. The minimum atomic E-state index is -0.145. The lowest BCUT2D eigenvalue weighted by atomic mass is 9.63. The van der Waals surface area contributed by atoms with Crippen molar-refractivity contribution in [2.75, 3.05) is 12.0 Å². The van der Waals surface area contributed by atoms with Crippen LogP contribution in [0.5, 0.6) is 0 Å². The van der Waals surface area contributed by atoms with Crippen LogP contribution in [-0.4, -0.2) is 29.2 Å². The van der Waals surface area contributed by atoms with Crippen LogP contribution in [0, 0.1) is 35.5 Å². The first-order valence-electron chi connectivity index (χ1n) is 8.94. The van der Waals surface area contributed by atoms with E-state index in [9.17, 15) is 14.4 Å². The van der Waals surface area contributed by atoms with Gasteiger partial charge in [-0.1, -0.05) is 12.2 Å². The third-order valence-corrected chi connectivity index (χ3v) is 6.49. The van der Waals surface area contributed by atoms with Gasteiger partial charge < -0.3 is 5.32 Å². The van der Waals surface area contributed by atoms with Crippen LogP contribution in [0.15, 0.2) is 36.4 Å². The molecule has 1 heterocycles. The molecule has 25 heavy (non-hydrogen) atoms. The number of benzene rings is 1. The third kappa shape index (κ3) is 2.04. The molecule has 5 aliphatic rings. The van der Waals surface area contributed by atoms with Gasteiger partial charge in [-0.2, -0.15) is 0 Å². The third-order valence-electron chi connectivity index (χ3n) is 6.49. The molecule has 3 fully saturated rings. The minimum absolute atomic E-state index is 0.0158. The molecular formula is C20H20N2O3. The second kappa shape index (κ2) is 5.04. The van der Waals surface area contributed by atoms with E-state index in [4.69, 9.17) is 0 Å². The van der Waals surface area contributed by atoms with Gasteiger partial charge in [0.15, 0.2) is 5.78 Å². The molecule has 6 rings (SSSR count). The van der Waals surface area contributed by atoms with Crippen LogP contribution >= 0.6 is 0 Å². The maximum atomic E-state index is 12.9. The lowest BCUT2D eigenvalue weighted by Gasteiger charge is -2.37. The highest BCUT2D eigenvalue weighted by Crippen LogP contribution is 2.65. The van der Waals surface area contributed by atoms with E-state index in [1.165, 1.54) is 18.2 Å². The van der Waals surface area contributed by atoms with Gasteiger partial charge in [0.2, 0.25) is 11.8 Å². The molecule has 4 aliphatic carbocycles. The number of imide groups is 1. The number of ketones is 1. The summed E-state index contributed by atoms with van der Waals surface area (Å²) < 4.78 is 0. The Morgan fingerprint density at radius 1 is 1.04 bits per heavy atom. The highest BCUT2D eigenvalue weighted by Gasteiger charge is 2.66. The number of Topliss-reactive ketones (excluding diaryl/α,β-unsaturated/α-hetero) is 1. The molecule has 6 unspecified atom stereocenters. The van der Waals surface area contributed by atoms with E-state index in [2.05, 4.69) is 17.5 Å². The van der Waals surface area contributed by atoms with Crippen molar-refractivity contribution in [1.82, 2.24) is 4.90 Å². The highest BCUT2D eigenvalue weighted by molar-refractivity contribution is 6.06. The lowest BCUT2D eigenvalue weighted by Crippen LogP contribution is -2.40. The molecule has 2 amide bonds. The van der Waals surface area contributed by atoms with E-state index in [1.54, 1.807) is 24.3 Å². The average Bonchev–Trinajstić information content (AvgIpc) is 3.39. The second-order valence-corrected chi connectivity index (χ2v) is 7.73. The SMILES string of the molecule is CC(=O)c1ccc(NCN2C(=O)C3C4C=CC(C5CC45)C3C2=O)cc1. The summed E-state index contributed by atoms with van der Waals surface area (Å²) in [6, 6.07) is 7.09. The molecule has 5 heteroatoms. The largest absolute Gasteiger partial charge is 0.367 e. The van der Waals surface area contributed by atoms with Crippen LogP contribution in [0.2, 0.25) is 0 Å². The molecule has 1 aliphatic heterocycles. The van der Waals surface area contributed by atoms with E-state index in [0.717, 1.165) is 5.69 Å². The normalized spacial score (nSPS) is 37.1. The summed E-state index contributed by atoms with van der Waals surface area (Å²) in [6.45, 7) is 1.72. The molecule has 1 saturated heterocycles. The van der Waals surface area contributed by atoms with Crippen molar-refractivity contribution in [2.45, 2.75) is 13.3 Å². The highest BCUT2D eigenvalue weighted by atomic mass is 16.2. The summed E-state index contributed by atoms with van der Waals surface area (Å²) in [7, 11) is 0. The fraction of sp³-hybridized carbons (Fsp3) is 0.450. The van der Waals surface area contributed by atoms with Crippen LogP contribution in [0.1, 0.15) is 23.7 Å². The quantitative estimate of drug-likeness (QED) is 0.520. The van der Waals surface area contributed by atoms with Gasteiger partial charge in [-0.05, 0) is 61.3 Å². The van der Waals surface area contributed by atoms with Crippen molar-refractivity contribution >= 4 is 23.3 Å². The molecule has 1 aromatic rings. The van der Waals surface area contributed by atoms with Crippen molar-refractivity contribution in [3.8, 4) is 0 Å². The van der Waals surface area contributed by atoms with Gasteiger partial charge in [0.1, 0.15) is 0 Å². The fourth-order valence-corrected chi connectivity index (χ4v) is 5.17. The number of rotatable bonds is 4. The summed E-state index contributed by atoms with van der Waals surface area (Å²) in [4.78, 5) is 38.4. The molecule has 2 bridgehead atoms. The van der Waals surface area contributed by atoms with Crippen LogP contribution in [0.25, 0.3) is 0 Å². The van der Waals surface area contributed by atoms with E-state index in [-0.39, 0.29) is 47.9 Å². The second-order valence-electron chi connectivity index (χ2n) is 7.73. The Labute approximate surface area is 146 Å². The van der Waals surface area contributed by atoms with Crippen LogP contribution in [0.3, 0.4) is 0 Å². The number of carbonyl (C=O) groups excluding carboxylic acids is 3. The predicted molar refractivity (Wildman–Crippen MR) is 91.5 cm³/mol. The van der Waals surface area contributed by atoms with Crippen LogP contribution in [0.4, 0.5) is 5.69 Å². The Morgan fingerprint density at radius 2 is 1.60 bits per heavy atom. The Kier molecular flexibility index (Phi) is 3.00. The van der Waals surface area contributed by atoms with Crippen molar-refractivity contribution < 1.29 is 14.4 Å². The van der Waals surface area contributed by atoms with Crippen LogP contribution in [-0.2, 0) is 9.59 Å². The number of anilines is 1. The molecule has 128 valence electrons. The molecule has 5 nitrogen and oxygen atoms in total. The van der Waals surface area contributed by atoms with Gasteiger partial charge in [0, 0.05) is 11.3 Å². The number of likely N-dealkylation sites (tertiary alicyclic amines) is 1. The number of hydrogen-bond acceptors (Lipinski definition) is 4. The first kappa shape index (κ1) is 14.9. The Bertz CT molecular complexity index is 777. The summed E-state index contributed by atoms with van der Waals surface area (Å²) in [6.07, 6.45) is 5.54. The van der Waals surface area contributed by atoms with Gasteiger partial charge in [0.05, 0.1) is 18.5 Å². The molecular weight excluding hydrogens is 316 g/mol. The fourth-order valence-electron chi connectivity index (χ4n) is 5.17. The molecule has 0 spiro atoms. The first-order chi connectivity index (χ1) is 12.1. The number of nitrogens with one attached hydrogen (secondary N) is 1. The Hall–Kier alpha value is -2.43.